The van der Waals surface area contributed by atoms with Gasteiger partial charge < -0.3 is 10.6 Å². The third-order valence-electron chi connectivity index (χ3n) is 4.95. The van der Waals surface area contributed by atoms with Crippen LogP contribution >= 0.6 is 12.4 Å². The van der Waals surface area contributed by atoms with E-state index >= 15 is 0 Å². The van der Waals surface area contributed by atoms with E-state index in [-0.39, 0.29) is 35.8 Å². The maximum Gasteiger partial charge on any atom is 0.239 e. The van der Waals surface area contributed by atoms with Gasteiger partial charge in [0, 0.05) is 18.5 Å². The zero-order valence-electron chi connectivity index (χ0n) is 14.6. The monoisotopic (exact) mass is 352 g/mol. The van der Waals surface area contributed by atoms with E-state index in [1.54, 1.807) is 0 Å². The normalized spacial score (nSPS) is 27.7. The fourth-order valence-corrected chi connectivity index (χ4v) is 3.65. The van der Waals surface area contributed by atoms with Gasteiger partial charge >= 0.3 is 0 Å². The maximum absolute atomic E-state index is 12.9. The van der Waals surface area contributed by atoms with Gasteiger partial charge in [-0.3, -0.25) is 10.2 Å². The number of amides is 1. The number of rotatable bonds is 3. The molecule has 5 nitrogen and oxygen atoms in total. The number of fused-ring (bicyclic) bond motifs is 1. The lowest BCUT2D eigenvalue weighted by atomic mass is 9.81. The highest BCUT2D eigenvalue weighted by molar-refractivity contribution is 5.85. The number of piperidine rings is 1. The summed E-state index contributed by atoms with van der Waals surface area (Å²) in [6.45, 7) is 8.38. The number of carbonyl (C=O) groups is 1. The summed E-state index contributed by atoms with van der Waals surface area (Å²) < 4.78 is 0. The minimum atomic E-state index is -0.179. The molecule has 2 aliphatic heterocycles. The molecule has 0 saturated carbocycles. The molecule has 0 aliphatic carbocycles. The van der Waals surface area contributed by atoms with Crippen LogP contribution in [0.25, 0.3) is 0 Å². The quantitative estimate of drug-likeness (QED) is 0.669. The minimum absolute atomic E-state index is 0. The van der Waals surface area contributed by atoms with Crippen molar-refractivity contribution in [1.82, 2.24) is 21.5 Å². The molecule has 0 radical (unpaired) electrons. The predicted octanol–water partition coefficient (Wildman–Crippen LogP) is 1.77. The predicted molar refractivity (Wildman–Crippen MR) is 98.9 cm³/mol. The van der Waals surface area contributed by atoms with Crippen molar-refractivity contribution in [2.75, 3.05) is 13.1 Å². The summed E-state index contributed by atoms with van der Waals surface area (Å²) in [5, 5.41) is 6.68. The van der Waals surface area contributed by atoms with Gasteiger partial charge in [-0.05, 0) is 23.9 Å². The standard InChI is InChI=1S/C18H28N4O.ClH/c1-18(2,3)16(12-7-5-4-6-8-12)20-17(23)15-13-11-19-10-9-14(13)21-22-15;/h4-8,13-16,19,21-22H,9-11H2,1-3H3,(H,20,23);1H. The third-order valence-corrected chi connectivity index (χ3v) is 4.95. The van der Waals surface area contributed by atoms with Gasteiger partial charge in [0.15, 0.2) is 0 Å². The Labute approximate surface area is 150 Å². The van der Waals surface area contributed by atoms with Crippen LogP contribution in [0.15, 0.2) is 30.3 Å². The SMILES string of the molecule is CC(C)(C)C(NC(=O)C1NNC2CCNCC21)c1ccccc1.Cl. The average Bonchev–Trinajstić information content (AvgIpc) is 2.96. The van der Waals surface area contributed by atoms with Crippen LogP contribution in [0.4, 0.5) is 0 Å². The number of benzene rings is 1. The summed E-state index contributed by atoms with van der Waals surface area (Å²) in [6.07, 6.45) is 1.06. The van der Waals surface area contributed by atoms with Crippen LogP contribution in [0, 0.1) is 11.3 Å². The Morgan fingerprint density at radius 3 is 2.58 bits per heavy atom. The molecule has 0 spiro atoms. The zero-order valence-corrected chi connectivity index (χ0v) is 15.5. The Morgan fingerprint density at radius 2 is 1.92 bits per heavy atom. The van der Waals surface area contributed by atoms with Crippen molar-refractivity contribution in [3.05, 3.63) is 35.9 Å². The Bertz CT molecular complexity index is 546. The molecule has 2 aliphatic rings. The van der Waals surface area contributed by atoms with Crippen LogP contribution < -0.4 is 21.5 Å². The summed E-state index contributed by atoms with van der Waals surface area (Å²) in [5.41, 5.74) is 7.60. The molecule has 134 valence electrons. The second-order valence-corrected chi connectivity index (χ2v) is 7.75. The lowest BCUT2D eigenvalue weighted by molar-refractivity contribution is -0.125. The second-order valence-electron chi connectivity index (χ2n) is 7.75. The molecule has 1 aromatic carbocycles. The van der Waals surface area contributed by atoms with Crippen LogP contribution in [-0.2, 0) is 4.79 Å². The van der Waals surface area contributed by atoms with Gasteiger partial charge in [-0.25, -0.2) is 5.43 Å². The van der Waals surface area contributed by atoms with E-state index in [1.807, 2.05) is 18.2 Å². The molecule has 4 N–H and O–H groups in total. The van der Waals surface area contributed by atoms with Crippen LogP contribution in [-0.4, -0.2) is 31.1 Å². The average molecular weight is 353 g/mol. The first-order valence-electron chi connectivity index (χ1n) is 8.54. The molecular formula is C18H29ClN4O. The number of hydrogen-bond donors (Lipinski definition) is 4. The first-order valence-corrected chi connectivity index (χ1v) is 8.54. The van der Waals surface area contributed by atoms with E-state index in [4.69, 9.17) is 0 Å². The molecule has 0 bridgehead atoms. The Kier molecular flexibility index (Phi) is 6.26. The maximum atomic E-state index is 12.9. The molecule has 2 heterocycles. The minimum Gasteiger partial charge on any atom is -0.347 e. The second kappa shape index (κ2) is 7.83. The van der Waals surface area contributed by atoms with E-state index in [0.29, 0.717) is 12.0 Å². The van der Waals surface area contributed by atoms with E-state index < -0.39 is 0 Å². The summed E-state index contributed by atoms with van der Waals surface area (Å²) >= 11 is 0. The first-order chi connectivity index (χ1) is 11.0. The molecule has 4 unspecified atom stereocenters. The summed E-state index contributed by atoms with van der Waals surface area (Å²) in [6, 6.07) is 10.4. The van der Waals surface area contributed by atoms with Gasteiger partial charge in [0.25, 0.3) is 0 Å². The topological polar surface area (TPSA) is 65.2 Å². The smallest absolute Gasteiger partial charge is 0.239 e. The Morgan fingerprint density at radius 1 is 1.21 bits per heavy atom. The lowest BCUT2D eigenvalue weighted by Gasteiger charge is -2.34. The number of nitrogens with one attached hydrogen (secondary N) is 4. The molecule has 2 fully saturated rings. The fraction of sp³-hybridized carbons (Fsp3) is 0.611. The summed E-state index contributed by atoms with van der Waals surface area (Å²) in [5.74, 6) is 0.387. The fourth-order valence-electron chi connectivity index (χ4n) is 3.65. The van der Waals surface area contributed by atoms with Crippen molar-refractivity contribution in [1.29, 1.82) is 0 Å². The molecule has 24 heavy (non-hydrogen) atoms. The Balaban J connectivity index is 0.00000208. The molecule has 6 heteroatoms. The third kappa shape index (κ3) is 4.09. The first kappa shape index (κ1) is 19.2. The van der Waals surface area contributed by atoms with Gasteiger partial charge in [0.2, 0.25) is 5.91 Å². The van der Waals surface area contributed by atoms with Crippen LogP contribution in [0.2, 0.25) is 0 Å². The van der Waals surface area contributed by atoms with E-state index in [9.17, 15) is 4.79 Å². The van der Waals surface area contributed by atoms with Gasteiger partial charge in [0.05, 0.1) is 6.04 Å². The van der Waals surface area contributed by atoms with Crippen molar-refractivity contribution in [2.24, 2.45) is 11.3 Å². The zero-order chi connectivity index (χ0) is 16.4. The van der Waals surface area contributed by atoms with Crippen molar-refractivity contribution in [3.63, 3.8) is 0 Å². The molecule has 1 aromatic rings. The molecule has 1 amide bonds. The van der Waals surface area contributed by atoms with Gasteiger partial charge in [-0.15, -0.1) is 12.4 Å². The van der Waals surface area contributed by atoms with Gasteiger partial charge in [0.1, 0.15) is 6.04 Å². The van der Waals surface area contributed by atoms with Crippen molar-refractivity contribution in [3.8, 4) is 0 Å². The highest BCUT2D eigenvalue weighted by atomic mass is 35.5. The van der Waals surface area contributed by atoms with E-state index in [0.717, 1.165) is 25.1 Å². The highest BCUT2D eigenvalue weighted by Crippen LogP contribution is 2.33. The Hall–Kier alpha value is -1.14. The number of hydrogen-bond acceptors (Lipinski definition) is 4. The molecule has 4 atom stereocenters. The van der Waals surface area contributed by atoms with Crippen LogP contribution in [0.3, 0.4) is 0 Å². The van der Waals surface area contributed by atoms with Crippen LogP contribution in [0.5, 0.6) is 0 Å². The molecule has 0 aromatic heterocycles. The largest absolute Gasteiger partial charge is 0.347 e. The van der Waals surface area contributed by atoms with Crippen molar-refractivity contribution < 1.29 is 4.79 Å². The van der Waals surface area contributed by atoms with Crippen LogP contribution in [0.1, 0.15) is 38.8 Å². The van der Waals surface area contributed by atoms with Crippen molar-refractivity contribution in [2.45, 2.75) is 45.3 Å². The number of carbonyl (C=O) groups excluding carboxylic acids is 1. The summed E-state index contributed by atoms with van der Waals surface area (Å²) in [7, 11) is 0. The van der Waals surface area contributed by atoms with Crippen molar-refractivity contribution >= 4 is 18.3 Å². The molecule has 3 rings (SSSR count). The van der Waals surface area contributed by atoms with Gasteiger partial charge in [-0.1, -0.05) is 51.1 Å². The van der Waals surface area contributed by atoms with Gasteiger partial charge in [-0.2, -0.15) is 0 Å². The highest BCUT2D eigenvalue weighted by Gasteiger charge is 2.42. The van der Waals surface area contributed by atoms with E-state index in [2.05, 4.69) is 54.4 Å². The molecule has 2 saturated heterocycles. The number of halogens is 1. The summed E-state index contributed by atoms with van der Waals surface area (Å²) in [4.78, 5) is 12.9. The van der Waals surface area contributed by atoms with E-state index in [1.165, 1.54) is 0 Å². The molecular weight excluding hydrogens is 324 g/mol. The number of hydrazine groups is 1. The lowest BCUT2D eigenvalue weighted by Crippen LogP contribution is -2.51.